The number of benzene rings is 2. The van der Waals surface area contributed by atoms with Crippen molar-refractivity contribution in [3.63, 3.8) is 0 Å². The highest BCUT2D eigenvalue weighted by Gasteiger charge is 2.30. The zero-order valence-electron chi connectivity index (χ0n) is 23.7. The predicted molar refractivity (Wildman–Crippen MR) is 159 cm³/mol. The molecular weight excluding hydrogens is 594 g/mol. The first-order valence-electron chi connectivity index (χ1n) is 13.8. The molecule has 0 bridgehead atoms. The van der Waals surface area contributed by atoms with Crippen LogP contribution in [0.4, 0.5) is 26.2 Å². The maximum atomic E-state index is 16.0. The number of carbonyl (C=O) groups is 3. The molecule has 6 rings (SSSR count). The molecule has 1 aliphatic heterocycles. The lowest BCUT2D eigenvalue weighted by molar-refractivity contribution is -0.143. The molecule has 1 aliphatic carbocycles. The van der Waals surface area contributed by atoms with E-state index in [9.17, 15) is 24.3 Å². The number of aliphatic carboxylic acids is 2. The van der Waals surface area contributed by atoms with E-state index in [0.717, 1.165) is 35.7 Å². The van der Waals surface area contributed by atoms with Gasteiger partial charge in [-0.2, -0.15) is 4.98 Å². The Morgan fingerprint density at radius 1 is 1.02 bits per heavy atom. The Morgan fingerprint density at radius 3 is 2.31 bits per heavy atom. The molecule has 4 aromatic rings. The lowest BCUT2D eigenvalue weighted by Gasteiger charge is -2.20. The van der Waals surface area contributed by atoms with Crippen molar-refractivity contribution < 1.29 is 38.5 Å². The summed E-state index contributed by atoms with van der Waals surface area (Å²) in [5.74, 6) is -4.99. The van der Waals surface area contributed by atoms with Gasteiger partial charge in [0, 0.05) is 42.8 Å². The van der Waals surface area contributed by atoms with Crippen molar-refractivity contribution in [1.29, 1.82) is 0 Å². The highest BCUT2D eigenvalue weighted by Crippen LogP contribution is 2.41. The molecule has 3 heterocycles. The fourth-order valence-electron chi connectivity index (χ4n) is 5.26. The van der Waals surface area contributed by atoms with Crippen LogP contribution in [-0.4, -0.2) is 54.3 Å². The van der Waals surface area contributed by atoms with Crippen LogP contribution >= 0.6 is 0 Å². The van der Waals surface area contributed by atoms with Gasteiger partial charge in [0.15, 0.2) is 5.82 Å². The Kier molecular flexibility index (Phi) is 8.35. The number of nitrogens with zero attached hydrogens (tertiary/aromatic N) is 4. The maximum absolute atomic E-state index is 16.0. The monoisotopic (exact) mass is 622 g/mol. The normalized spacial score (nSPS) is 13.7. The second kappa shape index (κ2) is 12.2. The van der Waals surface area contributed by atoms with Crippen molar-refractivity contribution in [2.45, 2.75) is 44.7 Å². The van der Waals surface area contributed by atoms with Crippen molar-refractivity contribution in [2.24, 2.45) is 0 Å². The Hall–Kier alpha value is -5.60. The number of anilines is 3. The summed E-state index contributed by atoms with van der Waals surface area (Å²) in [6.45, 7) is 1.13. The summed E-state index contributed by atoms with van der Waals surface area (Å²) >= 11 is 0. The van der Waals surface area contributed by atoms with Crippen LogP contribution < -0.4 is 21.8 Å². The third kappa shape index (κ3) is 6.37. The zero-order valence-corrected chi connectivity index (χ0v) is 23.7. The van der Waals surface area contributed by atoms with Crippen LogP contribution in [0.2, 0.25) is 0 Å². The van der Waals surface area contributed by atoms with Gasteiger partial charge in [0.05, 0.1) is 29.3 Å². The number of carboxylic acid groups (broad SMARTS) is 3. The number of carboxylic acids is 3. The van der Waals surface area contributed by atoms with E-state index in [-0.39, 0.29) is 41.3 Å². The number of nitrogen functional groups attached to an aromatic ring is 2. The van der Waals surface area contributed by atoms with Crippen molar-refractivity contribution in [3.8, 4) is 11.1 Å². The number of hydrogen-bond acceptors (Lipinski definition) is 9. The standard InChI is InChI=1S/C26H22F2N6O3.C4H6O4/c27-18-8-16-22(34(15-2-3-15)11-17(23(16)35)25(36)37)21(28)20(18)13-1-4-19-12(7-13)5-6-33(19)10-14-9-31-26(30)32-24(14)29;5-3(6)1-2-4(7)8/h1,4,7-9,11,15H,2-3,5-6,10H2,(H,36,37)(H4,29,30,31,32);1-2H2,(H,5,6)(H,7,8). The molecule has 0 radical (unpaired) electrons. The number of rotatable bonds is 8. The first kappa shape index (κ1) is 30.8. The second-order valence-electron chi connectivity index (χ2n) is 10.7. The number of aromatic nitrogens is 3. The fourth-order valence-corrected chi connectivity index (χ4v) is 5.26. The Morgan fingerprint density at radius 2 is 1.71 bits per heavy atom. The molecule has 0 spiro atoms. The third-order valence-corrected chi connectivity index (χ3v) is 7.57. The summed E-state index contributed by atoms with van der Waals surface area (Å²) in [6.07, 6.45) is 4.26. The van der Waals surface area contributed by atoms with Crippen LogP contribution in [-0.2, 0) is 22.6 Å². The third-order valence-electron chi connectivity index (χ3n) is 7.57. The van der Waals surface area contributed by atoms with Crippen molar-refractivity contribution >= 4 is 46.3 Å². The van der Waals surface area contributed by atoms with Crippen molar-refractivity contribution in [1.82, 2.24) is 14.5 Å². The van der Waals surface area contributed by atoms with E-state index < -0.39 is 40.5 Å². The lowest BCUT2D eigenvalue weighted by atomic mass is 9.98. The average molecular weight is 623 g/mol. The number of hydrogen-bond donors (Lipinski definition) is 5. The number of pyridine rings is 1. The van der Waals surface area contributed by atoms with Crippen LogP contribution in [0.5, 0.6) is 0 Å². The van der Waals surface area contributed by atoms with Gasteiger partial charge >= 0.3 is 17.9 Å². The zero-order chi connectivity index (χ0) is 32.6. The Balaban J connectivity index is 0.000000444. The van der Waals surface area contributed by atoms with Gasteiger partial charge < -0.3 is 36.3 Å². The smallest absolute Gasteiger partial charge is 0.341 e. The summed E-state index contributed by atoms with van der Waals surface area (Å²) in [5, 5.41) is 25.0. The van der Waals surface area contributed by atoms with E-state index in [1.807, 2.05) is 0 Å². The first-order chi connectivity index (χ1) is 21.3. The number of aromatic carboxylic acids is 1. The summed E-state index contributed by atoms with van der Waals surface area (Å²) in [6, 6.07) is 6.00. The van der Waals surface area contributed by atoms with Gasteiger partial charge in [0.2, 0.25) is 11.4 Å². The van der Waals surface area contributed by atoms with E-state index in [1.165, 1.54) is 10.8 Å². The molecule has 2 aromatic heterocycles. The quantitative estimate of drug-likeness (QED) is 0.191. The molecule has 0 unspecified atom stereocenters. The molecule has 1 saturated carbocycles. The molecule has 0 atom stereocenters. The number of nitrogens with two attached hydrogens (primary N) is 2. The minimum absolute atomic E-state index is 0.0742. The minimum Gasteiger partial charge on any atom is -0.481 e. The number of fused-ring (bicyclic) bond motifs is 2. The SMILES string of the molecule is Nc1ncc(CN2CCc3cc(-c4c(F)cc5c(=O)c(C(=O)O)cn(C6CC6)c5c4F)ccc32)c(N)n1.O=C(O)CCC(=O)O. The van der Waals surface area contributed by atoms with E-state index in [1.54, 1.807) is 24.4 Å². The van der Waals surface area contributed by atoms with E-state index in [0.29, 0.717) is 30.9 Å². The molecule has 45 heavy (non-hydrogen) atoms. The Bertz CT molecular complexity index is 1910. The average Bonchev–Trinajstić information content (AvgIpc) is 3.74. The largest absolute Gasteiger partial charge is 0.481 e. The highest BCUT2D eigenvalue weighted by molar-refractivity contribution is 5.94. The van der Waals surface area contributed by atoms with Gasteiger partial charge in [-0.15, -0.1) is 0 Å². The molecule has 1 fully saturated rings. The van der Waals surface area contributed by atoms with Gasteiger partial charge in [-0.05, 0) is 48.6 Å². The van der Waals surface area contributed by atoms with Gasteiger partial charge in [-0.1, -0.05) is 6.07 Å². The molecular formula is C30H28F2N6O7. The van der Waals surface area contributed by atoms with Gasteiger partial charge in [-0.25, -0.2) is 18.6 Å². The number of halogens is 2. The van der Waals surface area contributed by atoms with Crippen LogP contribution in [0.15, 0.2) is 41.5 Å². The van der Waals surface area contributed by atoms with Crippen molar-refractivity contribution in [2.75, 3.05) is 22.9 Å². The predicted octanol–water partition coefficient (Wildman–Crippen LogP) is 3.43. The van der Waals surface area contributed by atoms with E-state index >= 15 is 8.78 Å². The minimum atomic E-state index is -1.43. The van der Waals surface area contributed by atoms with Crippen LogP contribution in [0.3, 0.4) is 0 Å². The molecule has 2 aliphatic rings. The van der Waals surface area contributed by atoms with Crippen LogP contribution in [0, 0.1) is 11.6 Å². The van der Waals surface area contributed by atoms with Crippen LogP contribution in [0.1, 0.15) is 53.2 Å². The summed E-state index contributed by atoms with van der Waals surface area (Å²) < 4.78 is 32.8. The topological polar surface area (TPSA) is 215 Å². The lowest BCUT2D eigenvalue weighted by Crippen LogP contribution is -2.21. The first-order valence-corrected chi connectivity index (χ1v) is 13.8. The molecule has 2 aromatic carbocycles. The molecule has 13 nitrogen and oxygen atoms in total. The van der Waals surface area contributed by atoms with E-state index in [2.05, 4.69) is 14.9 Å². The highest BCUT2D eigenvalue weighted by atomic mass is 19.1. The van der Waals surface area contributed by atoms with Crippen molar-refractivity contribution in [3.05, 3.63) is 75.2 Å². The summed E-state index contributed by atoms with van der Waals surface area (Å²) in [5.41, 5.74) is 12.7. The molecule has 7 N–H and O–H groups in total. The summed E-state index contributed by atoms with van der Waals surface area (Å²) in [4.78, 5) is 53.7. The van der Waals surface area contributed by atoms with Crippen LogP contribution in [0.25, 0.3) is 22.0 Å². The molecule has 0 amide bonds. The molecule has 15 heteroatoms. The second-order valence-corrected chi connectivity index (χ2v) is 10.7. The molecule has 0 saturated heterocycles. The van der Waals surface area contributed by atoms with E-state index in [4.69, 9.17) is 21.7 Å². The van der Waals surface area contributed by atoms with Gasteiger partial charge in [0.25, 0.3) is 0 Å². The van der Waals surface area contributed by atoms with Gasteiger partial charge in [0.1, 0.15) is 17.2 Å². The molecule has 234 valence electrons. The summed E-state index contributed by atoms with van der Waals surface area (Å²) in [7, 11) is 0. The maximum Gasteiger partial charge on any atom is 0.341 e. The Labute approximate surface area is 253 Å². The fraction of sp³-hybridized carbons (Fsp3) is 0.267. The van der Waals surface area contributed by atoms with Gasteiger partial charge in [-0.3, -0.25) is 14.4 Å².